The predicted octanol–water partition coefficient (Wildman–Crippen LogP) is 1.84. The highest BCUT2D eigenvalue weighted by Gasteiger charge is 2.19. The molecule has 0 radical (unpaired) electrons. The van der Waals surface area contributed by atoms with E-state index < -0.39 is 0 Å². The van der Waals surface area contributed by atoms with Gasteiger partial charge in [-0.25, -0.2) is 15.0 Å². The third kappa shape index (κ3) is 2.70. The number of H-pyrrole nitrogens is 1. The van der Waals surface area contributed by atoms with Crippen molar-refractivity contribution in [1.29, 1.82) is 0 Å². The fourth-order valence-electron chi connectivity index (χ4n) is 2.91. The smallest absolute Gasteiger partial charge is 0.203 e. The minimum Gasteiger partial charge on any atom is -0.493 e. The Hall–Kier alpha value is -3.40. The molecule has 0 amide bonds. The van der Waals surface area contributed by atoms with Crippen LogP contribution in [0.3, 0.4) is 0 Å². The minimum atomic E-state index is 0.275. The third-order valence-electron chi connectivity index (χ3n) is 4.13. The van der Waals surface area contributed by atoms with Gasteiger partial charge in [0.05, 0.1) is 27.7 Å². The Morgan fingerprint density at radius 3 is 2.37 bits per heavy atom. The molecule has 27 heavy (non-hydrogen) atoms. The molecule has 0 bridgehead atoms. The van der Waals surface area contributed by atoms with Crippen molar-refractivity contribution in [1.82, 2.24) is 29.5 Å². The van der Waals surface area contributed by atoms with Gasteiger partial charge in [0.1, 0.15) is 12.1 Å². The first-order chi connectivity index (χ1) is 13.2. The Bertz CT molecular complexity index is 1090. The lowest BCUT2D eigenvalue weighted by atomic mass is 10.1. The summed E-state index contributed by atoms with van der Waals surface area (Å²) in [5.41, 5.74) is 2.57. The molecule has 0 aliphatic heterocycles. The molecule has 0 saturated carbocycles. The van der Waals surface area contributed by atoms with Crippen LogP contribution < -0.4 is 14.2 Å². The number of benzene rings is 1. The van der Waals surface area contributed by atoms with Gasteiger partial charge >= 0.3 is 0 Å². The fraction of sp³-hybridized carbons (Fsp3) is 0.294. The SMILES string of the molecule is COCc1nc2nc[nH]c2c2nc(-c3cc(OC)c(OC)c(OC)c3)nn12. The summed E-state index contributed by atoms with van der Waals surface area (Å²) in [7, 11) is 6.28. The summed E-state index contributed by atoms with van der Waals surface area (Å²) in [6, 6.07) is 3.59. The van der Waals surface area contributed by atoms with E-state index in [4.69, 9.17) is 18.9 Å². The summed E-state index contributed by atoms with van der Waals surface area (Å²) in [6.07, 6.45) is 1.57. The topological polar surface area (TPSA) is 109 Å². The van der Waals surface area contributed by atoms with Crippen molar-refractivity contribution in [2.75, 3.05) is 28.4 Å². The molecule has 0 saturated heterocycles. The number of fused-ring (bicyclic) bond motifs is 3. The summed E-state index contributed by atoms with van der Waals surface area (Å²) in [5, 5.41) is 4.60. The standard InChI is InChI=1S/C17H18N6O4/c1-24-7-12-20-16-13(18-8-19-16)17-21-15(22-23(12)17)9-5-10(25-2)14(27-4)11(6-9)26-3/h5-6,8H,7H2,1-4H3,(H,18,19). The molecule has 1 aromatic carbocycles. The highest BCUT2D eigenvalue weighted by atomic mass is 16.5. The van der Waals surface area contributed by atoms with Gasteiger partial charge in [0.25, 0.3) is 0 Å². The molecule has 4 aromatic rings. The lowest BCUT2D eigenvalue weighted by molar-refractivity contribution is 0.176. The summed E-state index contributed by atoms with van der Waals surface area (Å²) >= 11 is 0. The molecule has 4 rings (SSSR count). The summed E-state index contributed by atoms with van der Waals surface area (Å²) < 4.78 is 23.1. The van der Waals surface area contributed by atoms with Crippen molar-refractivity contribution in [3.63, 3.8) is 0 Å². The maximum atomic E-state index is 5.42. The molecule has 0 fully saturated rings. The second-order valence-electron chi connectivity index (χ2n) is 5.65. The van der Waals surface area contributed by atoms with Gasteiger partial charge in [0.15, 0.2) is 34.4 Å². The first kappa shape index (κ1) is 17.0. The average Bonchev–Trinajstić information content (AvgIpc) is 3.33. The summed E-state index contributed by atoms with van der Waals surface area (Å²) in [4.78, 5) is 16.4. The maximum Gasteiger partial charge on any atom is 0.203 e. The molecule has 0 unspecified atom stereocenters. The van der Waals surface area contributed by atoms with Crippen LogP contribution in [0.1, 0.15) is 5.82 Å². The van der Waals surface area contributed by atoms with Gasteiger partial charge in [-0.05, 0) is 12.1 Å². The molecule has 140 valence electrons. The summed E-state index contributed by atoms with van der Waals surface area (Å²) in [5.74, 6) is 2.62. The molecular weight excluding hydrogens is 352 g/mol. The van der Waals surface area contributed by atoms with Crippen molar-refractivity contribution >= 4 is 16.8 Å². The van der Waals surface area contributed by atoms with Crippen LogP contribution in [0, 0.1) is 0 Å². The van der Waals surface area contributed by atoms with Crippen molar-refractivity contribution < 1.29 is 18.9 Å². The molecule has 3 heterocycles. The Morgan fingerprint density at radius 2 is 1.74 bits per heavy atom. The second-order valence-corrected chi connectivity index (χ2v) is 5.65. The van der Waals surface area contributed by atoms with E-state index in [0.29, 0.717) is 51.3 Å². The van der Waals surface area contributed by atoms with E-state index in [9.17, 15) is 0 Å². The zero-order valence-electron chi connectivity index (χ0n) is 15.3. The number of hydrogen-bond acceptors (Lipinski definition) is 8. The lowest BCUT2D eigenvalue weighted by Crippen LogP contribution is -2.04. The molecule has 3 aromatic heterocycles. The first-order valence-corrected chi connectivity index (χ1v) is 8.08. The van der Waals surface area contributed by atoms with Crippen molar-refractivity contribution in [2.45, 2.75) is 6.61 Å². The van der Waals surface area contributed by atoms with E-state index in [0.717, 1.165) is 0 Å². The van der Waals surface area contributed by atoms with Crippen LogP contribution in [-0.4, -0.2) is 58.0 Å². The van der Waals surface area contributed by atoms with Gasteiger partial charge in [-0.15, -0.1) is 5.10 Å². The number of aromatic amines is 1. The quantitative estimate of drug-likeness (QED) is 0.548. The van der Waals surface area contributed by atoms with E-state index >= 15 is 0 Å². The molecule has 10 nitrogen and oxygen atoms in total. The lowest BCUT2D eigenvalue weighted by Gasteiger charge is -2.12. The van der Waals surface area contributed by atoms with Crippen molar-refractivity contribution in [3.8, 4) is 28.6 Å². The largest absolute Gasteiger partial charge is 0.493 e. The predicted molar refractivity (Wildman–Crippen MR) is 96.2 cm³/mol. The maximum absolute atomic E-state index is 5.42. The van der Waals surface area contributed by atoms with Crippen LogP contribution in [0.5, 0.6) is 17.2 Å². The molecule has 0 aliphatic rings. The Kier molecular flexibility index (Phi) is 4.24. The fourth-order valence-corrected chi connectivity index (χ4v) is 2.91. The normalized spacial score (nSPS) is 11.3. The number of imidazole rings is 1. The van der Waals surface area contributed by atoms with Gasteiger partial charge in [-0.3, -0.25) is 0 Å². The zero-order valence-corrected chi connectivity index (χ0v) is 15.3. The first-order valence-electron chi connectivity index (χ1n) is 8.08. The second kappa shape index (κ2) is 6.72. The number of rotatable bonds is 6. The van der Waals surface area contributed by atoms with Crippen molar-refractivity contribution in [2.24, 2.45) is 0 Å². The van der Waals surface area contributed by atoms with E-state index in [2.05, 4.69) is 25.0 Å². The number of nitrogens with one attached hydrogen (secondary N) is 1. The van der Waals surface area contributed by atoms with Crippen LogP contribution in [0.2, 0.25) is 0 Å². The molecule has 1 N–H and O–H groups in total. The average molecular weight is 370 g/mol. The van der Waals surface area contributed by atoms with Crippen LogP contribution in [0.15, 0.2) is 18.5 Å². The monoisotopic (exact) mass is 370 g/mol. The number of ether oxygens (including phenoxy) is 4. The molecule has 10 heteroatoms. The molecule has 0 aliphatic carbocycles. The third-order valence-corrected chi connectivity index (χ3v) is 4.13. The number of methoxy groups -OCH3 is 4. The van der Waals surface area contributed by atoms with Crippen LogP contribution in [0.25, 0.3) is 28.2 Å². The van der Waals surface area contributed by atoms with Crippen molar-refractivity contribution in [3.05, 3.63) is 24.3 Å². The van der Waals surface area contributed by atoms with Crippen LogP contribution >= 0.6 is 0 Å². The van der Waals surface area contributed by atoms with Gasteiger partial charge in [-0.2, -0.15) is 4.52 Å². The number of nitrogens with zero attached hydrogens (tertiary/aromatic N) is 5. The highest BCUT2D eigenvalue weighted by Crippen LogP contribution is 2.40. The van der Waals surface area contributed by atoms with Gasteiger partial charge < -0.3 is 23.9 Å². The zero-order chi connectivity index (χ0) is 19.0. The Balaban J connectivity index is 1.96. The molecule has 0 atom stereocenters. The minimum absolute atomic E-state index is 0.275. The van der Waals surface area contributed by atoms with Gasteiger partial charge in [0, 0.05) is 12.7 Å². The van der Waals surface area contributed by atoms with Gasteiger partial charge in [-0.1, -0.05) is 0 Å². The van der Waals surface area contributed by atoms with Gasteiger partial charge in [0.2, 0.25) is 5.75 Å². The number of hydrogen-bond donors (Lipinski definition) is 1. The highest BCUT2D eigenvalue weighted by molar-refractivity contribution is 5.85. The number of aromatic nitrogens is 6. The van der Waals surface area contributed by atoms with Crippen LogP contribution in [0.4, 0.5) is 0 Å². The summed E-state index contributed by atoms with van der Waals surface area (Å²) in [6.45, 7) is 0.275. The Morgan fingerprint density at radius 1 is 1.00 bits per heavy atom. The molecular formula is C17H18N6O4. The Labute approximate surface area is 154 Å². The van der Waals surface area contributed by atoms with Crippen LogP contribution in [-0.2, 0) is 11.3 Å². The molecule has 0 spiro atoms. The van der Waals surface area contributed by atoms with E-state index in [-0.39, 0.29) is 6.61 Å². The van der Waals surface area contributed by atoms with E-state index in [1.54, 1.807) is 51.4 Å². The van der Waals surface area contributed by atoms with E-state index in [1.165, 1.54) is 0 Å². The van der Waals surface area contributed by atoms with E-state index in [1.807, 2.05) is 0 Å².